The zero-order chi connectivity index (χ0) is 17.9. The molecule has 1 amide bonds. The van der Waals surface area contributed by atoms with Gasteiger partial charge in [0.25, 0.3) is 0 Å². The third-order valence-corrected chi connectivity index (χ3v) is 4.33. The minimum Gasteiger partial charge on any atom is -0.469 e. The van der Waals surface area contributed by atoms with Crippen LogP contribution in [0.4, 0.5) is 5.82 Å². The number of fused-ring (bicyclic) bond motifs is 1. The fourth-order valence-electron chi connectivity index (χ4n) is 3.01. The molecule has 5 nitrogen and oxygen atoms in total. The second-order valence-corrected chi connectivity index (χ2v) is 6.19. The van der Waals surface area contributed by atoms with Crippen molar-refractivity contribution in [3.05, 3.63) is 78.4 Å². The molecule has 3 heterocycles. The van der Waals surface area contributed by atoms with Crippen LogP contribution >= 0.6 is 0 Å². The summed E-state index contributed by atoms with van der Waals surface area (Å²) < 4.78 is 7.23. The number of imidazole rings is 1. The zero-order valence-electron chi connectivity index (χ0n) is 14.5. The van der Waals surface area contributed by atoms with Gasteiger partial charge in [-0.05, 0) is 30.7 Å². The monoisotopic (exact) mass is 345 g/mol. The van der Waals surface area contributed by atoms with Gasteiger partial charge in [0, 0.05) is 24.6 Å². The van der Waals surface area contributed by atoms with Crippen LogP contribution in [0.25, 0.3) is 16.9 Å². The maximum absolute atomic E-state index is 12.5. The number of hydrogen-bond acceptors (Lipinski definition) is 3. The molecule has 1 aromatic carbocycles. The molecule has 0 saturated carbocycles. The molecule has 4 aromatic rings. The third kappa shape index (κ3) is 3.11. The number of carbonyl (C=O) groups excluding carboxylic acids is 1. The van der Waals surface area contributed by atoms with E-state index in [9.17, 15) is 4.79 Å². The molecule has 0 bridgehead atoms. The first kappa shape index (κ1) is 16.1. The number of rotatable bonds is 5. The number of amides is 1. The smallest absolute Gasteiger partial charge is 0.225 e. The normalized spacial score (nSPS) is 11.0. The zero-order valence-corrected chi connectivity index (χ0v) is 14.5. The van der Waals surface area contributed by atoms with Gasteiger partial charge in [-0.2, -0.15) is 0 Å². The Morgan fingerprint density at radius 1 is 1.12 bits per heavy atom. The number of hydrogen-bond donors (Lipinski definition) is 1. The third-order valence-electron chi connectivity index (χ3n) is 4.33. The maximum Gasteiger partial charge on any atom is 0.225 e. The van der Waals surface area contributed by atoms with Gasteiger partial charge in [0.05, 0.1) is 6.26 Å². The number of benzene rings is 1. The first-order valence-corrected chi connectivity index (χ1v) is 8.58. The summed E-state index contributed by atoms with van der Waals surface area (Å²) in [7, 11) is 0. The Bertz CT molecular complexity index is 1030. The van der Waals surface area contributed by atoms with Gasteiger partial charge < -0.3 is 9.73 Å². The molecular formula is C21H19N3O2. The summed E-state index contributed by atoms with van der Waals surface area (Å²) in [4.78, 5) is 17.3. The lowest BCUT2D eigenvalue weighted by atomic mass is 10.1. The molecule has 0 atom stereocenters. The largest absolute Gasteiger partial charge is 0.469 e. The minimum atomic E-state index is -0.0677. The van der Waals surface area contributed by atoms with Gasteiger partial charge in [-0.1, -0.05) is 36.4 Å². The van der Waals surface area contributed by atoms with Crippen molar-refractivity contribution in [3.63, 3.8) is 0 Å². The summed E-state index contributed by atoms with van der Waals surface area (Å²) in [5, 5.41) is 3.04. The van der Waals surface area contributed by atoms with Crippen LogP contribution in [0.5, 0.6) is 0 Å². The van der Waals surface area contributed by atoms with Crippen LogP contribution in [0, 0.1) is 6.92 Å². The Hall–Kier alpha value is -3.34. The SMILES string of the molecule is Cc1cccn2c(NC(=O)CCc3ccco3)c(-c3ccccc3)nc12. The molecular weight excluding hydrogens is 326 g/mol. The number of nitrogens with zero attached hydrogens (tertiary/aromatic N) is 2. The first-order valence-electron chi connectivity index (χ1n) is 8.58. The fraction of sp³-hybridized carbons (Fsp3) is 0.143. The van der Waals surface area contributed by atoms with Gasteiger partial charge >= 0.3 is 0 Å². The summed E-state index contributed by atoms with van der Waals surface area (Å²) in [6, 6.07) is 17.6. The molecule has 26 heavy (non-hydrogen) atoms. The van der Waals surface area contributed by atoms with E-state index in [1.807, 2.05) is 72.1 Å². The molecule has 4 rings (SSSR count). The van der Waals surface area contributed by atoms with Crippen LogP contribution in [-0.2, 0) is 11.2 Å². The van der Waals surface area contributed by atoms with Crippen molar-refractivity contribution < 1.29 is 9.21 Å². The van der Waals surface area contributed by atoms with Crippen molar-refractivity contribution in [2.45, 2.75) is 19.8 Å². The van der Waals surface area contributed by atoms with E-state index in [1.165, 1.54) is 0 Å². The Labute approximate surface area is 151 Å². The lowest BCUT2D eigenvalue weighted by molar-refractivity contribution is -0.116. The number of aryl methyl sites for hydroxylation is 2. The van der Waals surface area contributed by atoms with Crippen molar-refractivity contribution in [1.29, 1.82) is 0 Å². The summed E-state index contributed by atoms with van der Waals surface area (Å²) in [6.45, 7) is 2.01. The average molecular weight is 345 g/mol. The lowest BCUT2D eigenvalue weighted by Gasteiger charge is -2.08. The molecule has 0 aliphatic heterocycles. The predicted octanol–water partition coefficient (Wildman–Crippen LogP) is 4.47. The van der Waals surface area contributed by atoms with E-state index in [-0.39, 0.29) is 5.91 Å². The van der Waals surface area contributed by atoms with Crippen LogP contribution in [0.15, 0.2) is 71.5 Å². The van der Waals surface area contributed by atoms with Gasteiger partial charge in [0.15, 0.2) is 0 Å². The van der Waals surface area contributed by atoms with E-state index in [0.717, 1.165) is 28.2 Å². The van der Waals surface area contributed by atoms with Gasteiger partial charge in [-0.3, -0.25) is 9.20 Å². The molecule has 0 fully saturated rings. The highest BCUT2D eigenvalue weighted by atomic mass is 16.3. The number of aromatic nitrogens is 2. The molecule has 3 aromatic heterocycles. The van der Waals surface area contributed by atoms with Crippen molar-refractivity contribution >= 4 is 17.4 Å². The molecule has 0 spiro atoms. The number of nitrogens with one attached hydrogen (secondary N) is 1. The molecule has 0 unspecified atom stereocenters. The van der Waals surface area contributed by atoms with Gasteiger partial charge in [-0.15, -0.1) is 0 Å². The Kier molecular flexibility index (Phi) is 4.27. The predicted molar refractivity (Wildman–Crippen MR) is 101 cm³/mol. The van der Waals surface area contributed by atoms with Crippen LogP contribution in [-0.4, -0.2) is 15.3 Å². The summed E-state index contributed by atoms with van der Waals surface area (Å²) in [5.74, 6) is 1.43. The number of anilines is 1. The highest BCUT2D eigenvalue weighted by Crippen LogP contribution is 2.29. The standard InChI is InChI=1S/C21H19N3O2/c1-15-7-5-13-24-20(15)23-19(16-8-3-2-4-9-16)21(24)22-18(25)12-11-17-10-6-14-26-17/h2-10,13-14H,11-12H2,1H3,(H,22,25). The Balaban J connectivity index is 1.68. The Morgan fingerprint density at radius 3 is 2.73 bits per heavy atom. The van der Waals surface area contributed by atoms with Crippen molar-refractivity contribution in [1.82, 2.24) is 9.38 Å². The van der Waals surface area contributed by atoms with Crippen molar-refractivity contribution in [2.24, 2.45) is 0 Å². The van der Waals surface area contributed by atoms with Gasteiger partial charge in [0.2, 0.25) is 5.91 Å². The minimum absolute atomic E-state index is 0.0677. The van der Waals surface area contributed by atoms with E-state index >= 15 is 0 Å². The van der Waals surface area contributed by atoms with E-state index in [4.69, 9.17) is 9.40 Å². The molecule has 0 saturated heterocycles. The highest BCUT2D eigenvalue weighted by molar-refractivity contribution is 5.94. The number of carbonyl (C=O) groups is 1. The second-order valence-electron chi connectivity index (χ2n) is 6.19. The van der Waals surface area contributed by atoms with E-state index in [0.29, 0.717) is 18.7 Å². The Morgan fingerprint density at radius 2 is 1.96 bits per heavy atom. The molecule has 0 radical (unpaired) electrons. The maximum atomic E-state index is 12.5. The van der Waals surface area contributed by atoms with Gasteiger partial charge in [-0.25, -0.2) is 4.98 Å². The molecule has 5 heteroatoms. The first-order chi connectivity index (χ1) is 12.7. The van der Waals surface area contributed by atoms with Crippen molar-refractivity contribution in [3.8, 4) is 11.3 Å². The second kappa shape index (κ2) is 6.88. The average Bonchev–Trinajstić information content (AvgIpc) is 3.30. The van der Waals surface area contributed by atoms with Crippen LogP contribution in [0.2, 0.25) is 0 Å². The topological polar surface area (TPSA) is 59.5 Å². The van der Waals surface area contributed by atoms with Crippen molar-refractivity contribution in [2.75, 3.05) is 5.32 Å². The van der Waals surface area contributed by atoms with Crippen LogP contribution < -0.4 is 5.32 Å². The van der Waals surface area contributed by atoms with Crippen LogP contribution in [0.3, 0.4) is 0 Å². The summed E-state index contributed by atoms with van der Waals surface area (Å²) >= 11 is 0. The molecule has 0 aliphatic carbocycles. The van der Waals surface area contributed by atoms with Crippen LogP contribution in [0.1, 0.15) is 17.7 Å². The molecule has 0 aliphatic rings. The highest BCUT2D eigenvalue weighted by Gasteiger charge is 2.17. The quantitative estimate of drug-likeness (QED) is 0.580. The van der Waals surface area contributed by atoms with Gasteiger partial charge in [0.1, 0.15) is 22.9 Å². The summed E-state index contributed by atoms with van der Waals surface area (Å²) in [5.41, 5.74) is 3.64. The lowest BCUT2D eigenvalue weighted by Crippen LogP contribution is -2.14. The fourth-order valence-corrected chi connectivity index (χ4v) is 3.01. The molecule has 130 valence electrons. The van der Waals surface area contributed by atoms with E-state index in [1.54, 1.807) is 6.26 Å². The molecule has 1 N–H and O–H groups in total. The number of furan rings is 1. The number of pyridine rings is 1. The van der Waals surface area contributed by atoms with E-state index < -0.39 is 0 Å². The van der Waals surface area contributed by atoms with E-state index in [2.05, 4.69) is 5.32 Å². The summed E-state index contributed by atoms with van der Waals surface area (Å²) in [6.07, 6.45) is 4.45.